The molecule has 3 aromatic rings. The summed E-state index contributed by atoms with van der Waals surface area (Å²) in [6.07, 6.45) is 1.74. The summed E-state index contributed by atoms with van der Waals surface area (Å²) < 4.78 is 6.70. The molecule has 0 aliphatic carbocycles. The highest BCUT2D eigenvalue weighted by atomic mass is 16.3. The Kier molecular flexibility index (Phi) is 3.61. The summed E-state index contributed by atoms with van der Waals surface area (Å²) in [5, 5.41) is 10.0. The fourth-order valence-corrected chi connectivity index (χ4v) is 3.13. The van der Waals surface area contributed by atoms with E-state index >= 15 is 0 Å². The lowest BCUT2D eigenvalue weighted by Crippen LogP contribution is -2.25. The average Bonchev–Trinajstić information content (AvgIpc) is 3.24. The largest absolute Gasteiger partial charge is 0.459 e. The molecule has 1 aliphatic rings. The molecule has 3 heterocycles. The molecule has 4 rings (SSSR count). The molecule has 0 spiro atoms. The highest BCUT2D eigenvalue weighted by molar-refractivity contribution is 6.04. The number of carbonyl (C=O) groups excluding carboxylic acids is 2. The number of nitrogens with one attached hydrogen (secondary N) is 2. The maximum atomic E-state index is 12.3. The molecule has 126 valence electrons. The number of aromatic nitrogens is 2. The van der Waals surface area contributed by atoms with Crippen molar-refractivity contribution in [3.05, 3.63) is 65.6 Å². The predicted molar refractivity (Wildman–Crippen MR) is 91.4 cm³/mol. The summed E-state index contributed by atoms with van der Waals surface area (Å²) in [5.74, 6) is 0.594. The van der Waals surface area contributed by atoms with Crippen LogP contribution < -0.4 is 10.6 Å². The smallest absolute Gasteiger partial charge is 0.292 e. The number of aryl methyl sites for hydroxylation is 1. The van der Waals surface area contributed by atoms with Crippen LogP contribution in [0.4, 0.5) is 11.6 Å². The highest BCUT2D eigenvalue weighted by Crippen LogP contribution is 2.41. The van der Waals surface area contributed by atoms with Crippen LogP contribution in [0.15, 0.2) is 53.1 Å². The van der Waals surface area contributed by atoms with Crippen molar-refractivity contribution >= 4 is 23.5 Å². The zero-order valence-electron chi connectivity index (χ0n) is 13.5. The Balaban J connectivity index is 1.76. The van der Waals surface area contributed by atoms with Crippen LogP contribution in [0.5, 0.6) is 0 Å². The molecule has 1 aromatic carbocycles. The number of carbonyl (C=O) groups is 2. The van der Waals surface area contributed by atoms with Crippen molar-refractivity contribution < 1.29 is 14.0 Å². The Morgan fingerprint density at radius 1 is 1.28 bits per heavy atom. The minimum absolute atomic E-state index is 0.0757. The molecule has 0 bridgehead atoms. The summed E-state index contributed by atoms with van der Waals surface area (Å²) in [7, 11) is 1.73. The van der Waals surface area contributed by atoms with Gasteiger partial charge in [-0.15, -0.1) is 0 Å². The van der Waals surface area contributed by atoms with Crippen molar-refractivity contribution in [3.8, 4) is 0 Å². The van der Waals surface area contributed by atoms with E-state index in [2.05, 4.69) is 15.7 Å². The van der Waals surface area contributed by atoms with E-state index in [9.17, 15) is 9.59 Å². The molecule has 0 unspecified atom stereocenters. The molecule has 7 nitrogen and oxygen atoms in total. The molecule has 25 heavy (non-hydrogen) atoms. The predicted octanol–water partition coefficient (Wildman–Crippen LogP) is 2.74. The standard InChI is InChI=1S/C18H16N4O3/c1-22-17-15(16(21-22)20-18(24)13-8-5-9-25-13)12(10-14(23)19-17)11-6-3-2-4-7-11/h2-9,12H,10H2,1H3,(H,19,23)(H,20,21,24)/t12-/m1/s1. The van der Waals surface area contributed by atoms with Crippen molar-refractivity contribution in [3.63, 3.8) is 0 Å². The zero-order chi connectivity index (χ0) is 17.4. The van der Waals surface area contributed by atoms with Crippen LogP contribution in [0.3, 0.4) is 0 Å². The van der Waals surface area contributed by atoms with Crippen molar-refractivity contribution in [1.82, 2.24) is 9.78 Å². The van der Waals surface area contributed by atoms with E-state index < -0.39 is 0 Å². The van der Waals surface area contributed by atoms with Crippen LogP contribution in [0.1, 0.15) is 34.0 Å². The SMILES string of the molecule is Cn1nc(NC(=O)c2ccco2)c2c1NC(=O)C[C@@H]2c1ccccc1. The molecule has 0 radical (unpaired) electrons. The third kappa shape index (κ3) is 2.69. The van der Waals surface area contributed by atoms with Gasteiger partial charge >= 0.3 is 0 Å². The molecule has 2 amide bonds. The molecule has 2 aromatic heterocycles. The number of rotatable bonds is 3. The minimum atomic E-state index is -0.380. The van der Waals surface area contributed by atoms with Crippen molar-refractivity contribution in [2.45, 2.75) is 12.3 Å². The molecular formula is C18H16N4O3. The van der Waals surface area contributed by atoms with Crippen LogP contribution in [-0.4, -0.2) is 21.6 Å². The van der Waals surface area contributed by atoms with Gasteiger partial charge in [-0.25, -0.2) is 0 Å². The minimum Gasteiger partial charge on any atom is -0.459 e. The lowest BCUT2D eigenvalue weighted by atomic mass is 9.86. The summed E-state index contributed by atoms with van der Waals surface area (Å²) in [6.45, 7) is 0. The van der Waals surface area contributed by atoms with Crippen LogP contribution >= 0.6 is 0 Å². The first-order chi connectivity index (χ1) is 12.1. The van der Waals surface area contributed by atoms with E-state index in [0.717, 1.165) is 11.1 Å². The number of amides is 2. The zero-order valence-corrected chi connectivity index (χ0v) is 13.5. The summed E-state index contributed by atoms with van der Waals surface area (Å²) in [5.41, 5.74) is 1.80. The van der Waals surface area contributed by atoms with Gasteiger partial charge in [0.05, 0.1) is 6.26 Å². The normalized spacial score (nSPS) is 16.2. The Hall–Kier alpha value is -3.35. The van der Waals surface area contributed by atoms with Crippen molar-refractivity contribution in [1.29, 1.82) is 0 Å². The first-order valence-electron chi connectivity index (χ1n) is 7.90. The second kappa shape index (κ2) is 5.94. The van der Waals surface area contributed by atoms with E-state index in [-0.39, 0.29) is 23.5 Å². The van der Waals surface area contributed by atoms with Gasteiger partial charge in [-0.3, -0.25) is 14.3 Å². The van der Waals surface area contributed by atoms with Crippen molar-refractivity contribution in [2.75, 3.05) is 10.6 Å². The Labute approximate surface area is 143 Å². The van der Waals surface area contributed by atoms with Crippen LogP contribution in [0, 0.1) is 0 Å². The van der Waals surface area contributed by atoms with Gasteiger partial charge in [-0.05, 0) is 17.7 Å². The molecule has 2 N–H and O–H groups in total. The first kappa shape index (κ1) is 15.2. The number of furan rings is 1. The molecule has 0 fully saturated rings. The Bertz CT molecular complexity index is 929. The van der Waals surface area contributed by atoms with Gasteiger partial charge in [0.1, 0.15) is 5.82 Å². The summed E-state index contributed by atoms with van der Waals surface area (Å²) >= 11 is 0. The van der Waals surface area contributed by atoms with Crippen molar-refractivity contribution in [2.24, 2.45) is 7.05 Å². The number of benzene rings is 1. The fraction of sp³-hybridized carbons (Fsp3) is 0.167. The second-order valence-corrected chi connectivity index (χ2v) is 5.88. The van der Waals surface area contributed by atoms with E-state index in [0.29, 0.717) is 18.1 Å². The number of hydrogen-bond donors (Lipinski definition) is 2. The number of nitrogens with zero attached hydrogens (tertiary/aromatic N) is 2. The third-order valence-corrected chi connectivity index (χ3v) is 4.26. The molecule has 1 atom stereocenters. The Morgan fingerprint density at radius 2 is 2.08 bits per heavy atom. The van der Waals surface area contributed by atoms with Crippen LogP contribution in [-0.2, 0) is 11.8 Å². The van der Waals surface area contributed by atoms with Gasteiger partial charge in [0, 0.05) is 24.9 Å². The first-order valence-corrected chi connectivity index (χ1v) is 7.90. The number of anilines is 2. The molecular weight excluding hydrogens is 320 g/mol. The van der Waals surface area contributed by atoms with E-state index in [1.54, 1.807) is 23.9 Å². The molecule has 0 saturated carbocycles. The lowest BCUT2D eigenvalue weighted by molar-refractivity contribution is -0.116. The Morgan fingerprint density at radius 3 is 2.80 bits per heavy atom. The number of hydrogen-bond acceptors (Lipinski definition) is 4. The fourth-order valence-electron chi connectivity index (χ4n) is 3.13. The maximum Gasteiger partial charge on any atom is 0.292 e. The van der Waals surface area contributed by atoms with Gasteiger partial charge < -0.3 is 15.1 Å². The monoisotopic (exact) mass is 336 g/mol. The van der Waals surface area contributed by atoms with Crippen LogP contribution in [0.25, 0.3) is 0 Å². The molecule has 7 heteroatoms. The quantitative estimate of drug-likeness (QED) is 0.769. The summed E-state index contributed by atoms with van der Waals surface area (Å²) in [4.78, 5) is 24.5. The van der Waals surface area contributed by atoms with E-state index in [1.807, 2.05) is 30.3 Å². The summed E-state index contributed by atoms with van der Waals surface area (Å²) in [6, 6.07) is 13.0. The molecule has 1 aliphatic heterocycles. The highest BCUT2D eigenvalue weighted by Gasteiger charge is 2.33. The third-order valence-electron chi connectivity index (χ3n) is 4.26. The van der Waals surface area contributed by atoms with E-state index in [1.165, 1.54) is 6.26 Å². The van der Waals surface area contributed by atoms with Gasteiger partial charge in [0.2, 0.25) is 5.91 Å². The topological polar surface area (TPSA) is 89.2 Å². The van der Waals surface area contributed by atoms with E-state index in [4.69, 9.17) is 4.42 Å². The van der Waals surface area contributed by atoms with Gasteiger partial charge in [0.15, 0.2) is 11.6 Å². The second-order valence-electron chi connectivity index (χ2n) is 5.88. The van der Waals surface area contributed by atoms with Gasteiger partial charge in [-0.2, -0.15) is 5.10 Å². The maximum absolute atomic E-state index is 12.3. The van der Waals surface area contributed by atoms with Gasteiger partial charge in [-0.1, -0.05) is 30.3 Å². The van der Waals surface area contributed by atoms with Gasteiger partial charge in [0.25, 0.3) is 5.91 Å². The lowest BCUT2D eigenvalue weighted by Gasteiger charge is -2.24. The average molecular weight is 336 g/mol. The van der Waals surface area contributed by atoms with Crippen LogP contribution in [0.2, 0.25) is 0 Å². The molecule has 0 saturated heterocycles. The number of fused-ring (bicyclic) bond motifs is 1.